The van der Waals surface area contributed by atoms with E-state index in [1.165, 1.54) is 6.92 Å². The first-order valence-electron chi connectivity index (χ1n) is 5.71. The highest BCUT2D eigenvalue weighted by molar-refractivity contribution is 7.85. The van der Waals surface area contributed by atoms with E-state index in [0.717, 1.165) is 20.1 Å². The van der Waals surface area contributed by atoms with E-state index in [1.54, 1.807) is 0 Å². The molecule has 0 spiro atoms. The molecular weight excluding hydrogens is 292 g/mol. The molecule has 0 radical (unpaired) electrons. The Balaban J connectivity index is 4.96. The lowest BCUT2D eigenvalue weighted by Gasteiger charge is -2.27. The Morgan fingerprint density at radius 3 is 2.00 bits per heavy atom. The summed E-state index contributed by atoms with van der Waals surface area (Å²) in [5, 5.41) is 0. The second-order valence-corrected chi connectivity index (χ2v) is 5.89. The zero-order chi connectivity index (χ0) is 15.9. The topological polar surface area (TPSA) is 113 Å². The van der Waals surface area contributed by atoms with Crippen molar-refractivity contribution in [3.05, 3.63) is 0 Å². The van der Waals surface area contributed by atoms with E-state index in [-0.39, 0.29) is 6.61 Å². The summed E-state index contributed by atoms with van der Waals surface area (Å²) in [4.78, 5) is 32.9. The number of hydrogen-bond acceptors (Lipinski definition) is 8. The van der Waals surface area contributed by atoms with Gasteiger partial charge in [-0.3, -0.25) is 18.6 Å². The van der Waals surface area contributed by atoms with Gasteiger partial charge in [0.1, 0.15) is 0 Å². The first-order valence-corrected chi connectivity index (χ1v) is 7.52. The van der Waals surface area contributed by atoms with Crippen molar-refractivity contribution in [1.82, 2.24) is 0 Å². The Morgan fingerprint density at radius 2 is 1.65 bits per heavy atom. The standard InChI is InChI=1S/C11H18O8S/c1-7(6-17-20(4,15)16)11(19-9(3)14)10(5-12)18-8(2)13/h5,7,10-11H,6H2,1-4H3/t7-,10+,11+/m1/s1. The summed E-state index contributed by atoms with van der Waals surface area (Å²) in [7, 11) is -3.67. The molecule has 20 heavy (non-hydrogen) atoms. The fraction of sp³-hybridized carbons (Fsp3) is 0.727. The second-order valence-electron chi connectivity index (χ2n) is 4.25. The summed E-state index contributed by atoms with van der Waals surface area (Å²) >= 11 is 0. The van der Waals surface area contributed by atoms with Crippen LogP contribution in [0.15, 0.2) is 0 Å². The van der Waals surface area contributed by atoms with Gasteiger partial charge in [0, 0.05) is 19.8 Å². The Morgan fingerprint density at radius 1 is 1.15 bits per heavy atom. The minimum atomic E-state index is -3.67. The molecule has 0 aliphatic carbocycles. The number of aldehydes is 1. The number of rotatable bonds is 8. The Hall–Kier alpha value is -1.48. The number of hydrogen-bond donors (Lipinski definition) is 0. The maximum Gasteiger partial charge on any atom is 0.303 e. The second kappa shape index (κ2) is 7.95. The third-order valence-electron chi connectivity index (χ3n) is 2.17. The van der Waals surface area contributed by atoms with Crippen molar-refractivity contribution in [3.8, 4) is 0 Å². The van der Waals surface area contributed by atoms with Crippen molar-refractivity contribution in [3.63, 3.8) is 0 Å². The molecule has 9 heteroatoms. The number of esters is 2. The van der Waals surface area contributed by atoms with Crippen molar-refractivity contribution in [2.24, 2.45) is 5.92 Å². The van der Waals surface area contributed by atoms with Crippen molar-refractivity contribution < 1.29 is 36.5 Å². The highest BCUT2D eigenvalue weighted by Crippen LogP contribution is 2.16. The lowest BCUT2D eigenvalue weighted by atomic mass is 10.0. The average Bonchev–Trinajstić information content (AvgIpc) is 2.28. The van der Waals surface area contributed by atoms with Crippen LogP contribution in [0.3, 0.4) is 0 Å². The van der Waals surface area contributed by atoms with Gasteiger partial charge in [-0.05, 0) is 0 Å². The molecule has 0 unspecified atom stereocenters. The van der Waals surface area contributed by atoms with Crippen molar-refractivity contribution in [1.29, 1.82) is 0 Å². The van der Waals surface area contributed by atoms with Gasteiger partial charge in [0.05, 0.1) is 12.9 Å². The molecule has 0 heterocycles. The fourth-order valence-electron chi connectivity index (χ4n) is 1.39. The molecule has 0 N–H and O–H groups in total. The van der Waals surface area contributed by atoms with Crippen LogP contribution < -0.4 is 0 Å². The monoisotopic (exact) mass is 310 g/mol. The van der Waals surface area contributed by atoms with Gasteiger partial charge < -0.3 is 9.47 Å². The summed E-state index contributed by atoms with van der Waals surface area (Å²) in [5.74, 6) is -2.10. The summed E-state index contributed by atoms with van der Waals surface area (Å²) in [6, 6.07) is 0. The predicted octanol–water partition coefficient (Wildman–Crippen LogP) is -0.339. The van der Waals surface area contributed by atoms with Crippen molar-refractivity contribution in [2.75, 3.05) is 12.9 Å². The number of carbonyl (C=O) groups is 3. The number of carbonyl (C=O) groups excluding carboxylic acids is 3. The van der Waals surface area contributed by atoms with E-state index in [9.17, 15) is 22.8 Å². The van der Waals surface area contributed by atoms with E-state index in [2.05, 4.69) is 4.18 Å². The average molecular weight is 310 g/mol. The first kappa shape index (κ1) is 18.5. The largest absolute Gasteiger partial charge is 0.458 e. The van der Waals surface area contributed by atoms with Crippen molar-refractivity contribution >= 4 is 28.3 Å². The van der Waals surface area contributed by atoms with Gasteiger partial charge in [-0.15, -0.1) is 0 Å². The lowest BCUT2D eigenvalue weighted by molar-refractivity contribution is -0.170. The molecule has 0 saturated heterocycles. The molecule has 0 amide bonds. The van der Waals surface area contributed by atoms with E-state index < -0.39 is 40.2 Å². The van der Waals surface area contributed by atoms with Crippen LogP contribution in [0.25, 0.3) is 0 Å². The minimum absolute atomic E-state index is 0.311. The molecule has 0 aromatic rings. The smallest absolute Gasteiger partial charge is 0.303 e. The fourth-order valence-corrected chi connectivity index (χ4v) is 1.85. The molecule has 0 aliphatic heterocycles. The van der Waals surface area contributed by atoms with Crippen LogP contribution in [0, 0.1) is 5.92 Å². The van der Waals surface area contributed by atoms with Crippen LogP contribution in [0.5, 0.6) is 0 Å². The molecule has 3 atom stereocenters. The maximum absolute atomic E-state index is 11.0. The minimum Gasteiger partial charge on any atom is -0.458 e. The van der Waals surface area contributed by atoms with Crippen molar-refractivity contribution in [2.45, 2.75) is 33.0 Å². The summed E-state index contributed by atoms with van der Waals surface area (Å²) in [5.41, 5.74) is 0. The molecule has 8 nitrogen and oxygen atoms in total. The van der Waals surface area contributed by atoms with E-state index in [1.807, 2.05) is 0 Å². The molecule has 0 aliphatic rings. The molecular formula is C11H18O8S. The highest BCUT2D eigenvalue weighted by Gasteiger charge is 2.32. The lowest BCUT2D eigenvalue weighted by Crippen LogP contribution is -2.42. The molecule has 0 saturated carbocycles. The van der Waals surface area contributed by atoms with E-state index >= 15 is 0 Å². The maximum atomic E-state index is 11.0. The molecule has 0 fully saturated rings. The Labute approximate surface area is 117 Å². The van der Waals surface area contributed by atoms with Crippen LogP contribution in [0.2, 0.25) is 0 Å². The molecule has 0 aromatic carbocycles. The third kappa shape index (κ3) is 7.85. The van der Waals surface area contributed by atoms with Gasteiger partial charge in [0.15, 0.2) is 18.5 Å². The molecule has 0 aromatic heterocycles. The molecule has 0 rings (SSSR count). The van der Waals surface area contributed by atoms with Gasteiger partial charge in [-0.25, -0.2) is 0 Å². The van der Waals surface area contributed by atoms with Gasteiger partial charge >= 0.3 is 11.9 Å². The Kier molecular flexibility index (Phi) is 7.36. The zero-order valence-corrected chi connectivity index (χ0v) is 12.5. The van der Waals surface area contributed by atoms with Crippen LogP contribution in [0.4, 0.5) is 0 Å². The molecule has 0 bridgehead atoms. The van der Waals surface area contributed by atoms with Gasteiger partial charge in [-0.1, -0.05) is 6.92 Å². The van der Waals surface area contributed by atoms with Gasteiger partial charge in [0.25, 0.3) is 10.1 Å². The molecule has 116 valence electrons. The zero-order valence-electron chi connectivity index (χ0n) is 11.7. The van der Waals surface area contributed by atoms with Crippen LogP contribution in [-0.2, 0) is 38.2 Å². The van der Waals surface area contributed by atoms with E-state index in [0.29, 0.717) is 6.29 Å². The van der Waals surface area contributed by atoms with E-state index in [4.69, 9.17) is 9.47 Å². The van der Waals surface area contributed by atoms with Crippen LogP contribution in [0.1, 0.15) is 20.8 Å². The van der Waals surface area contributed by atoms with Gasteiger partial charge in [-0.2, -0.15) is 8.42 Å². The van der Waals surface area contributed by atoms with Crippen LogP contribution >= 0.6 is 0 Å². The summed E-state index contributed by atoms with van der Waals surface area (Å²) in [6.45, 7) is 3.40. The van der Waals surface area contributed by atoms with Crippen LogP contribution in [-0.4, -0.2) is 51.7 Å². The predicted molar refractivity (Wildman–Crippen MR) is 67.1 cm³/mol. The quantitative estimate of drug-likeness (QED) is 0.340. The Bertz CT molecular complexity index is 455. The normalized spacial score (nSPS) is 15.8. The number of ether oxygens (including phenoxy) is 2. The third-order valence-corrected chi connectivity index (χ3v) is 2.73. The highest BCUT2D eigenvalue weighted by atomic mass is 32.2. The van der Waals surface area contributed by atoms with Gasteiger partial charge in [0.2, 0.25) is 0 Å². The summed E-state index contributed by atoms with van der Waals surface area (Å²) in [6.07, 6.45) is -1.28. The SMILES string of the molecule is CC(=O)O[C@@H]([C@H](C)COS(C)(=O)=O)[C@H](C=O)OC(C)=O. The first-order chi connectivity index (χ1) is 9.06. The summed E-state index contributed by atoms with van der Waals surface area (Å²) < 4.78 is 36.0.